The highest BCUT2D eigenvalue weighted by molar-refractivity contribution is 8.18. The Bertz CT molecular complexity index is 713. The molecule has 1 aliphatic rings. The van der Waals surface area contributed by atoms with Gasteiger partial charge in [0.2, 0.25) is 5.91 Å². The quantitative estimate of drug-likeness (QED) is 0.654. The molecule has 0 spiro atoms. The van der Waals surface area contributed by atoms with E-state index < -0.39 is 29.6 Å². The minimum absolute atomic E-state index is 0.0757. The Balaban J connectivity index is 1.99. The van der Waals surface area contributed by atoms with Crippen molar-refractivity contribution in [1.29, 1.82) is 0 Å². The molecule has 1 aromatic carbocycles. The van der Waals surface area contributed by atoms with Crippen molar-refractivity contribution in [1.82, 2.24) is 10.2 Å². The van der Waals surface area contributed by atoms with E-state index >= 15 is 0 Å². The number of nitrogens with zero attached hydrogens (tertiary/aromatic N) is 1. The van der Waals surface area contributed by atoms with Gasteiger partial charge in [0, 0.05) is 6.54 Å². The first kappa shape index (κ1) is 17.5. The summed E-state index contributed by atoms with van der Waals surface area (Å²) in [4.78, 5) is 47.1. The molecule has 1 saturated heterocycles. The molecular formula is C15H14N2O6S. The summed E-state index contributed by atoms with van der Waals surface area (Å²) in [5, 5.41) is 19.5. The number of carbonyl (C=O) groups is 4. The summed E-state index contributed by atoms with van der Waals surface area (Å²) in [6.45, 7) is -0.537. The number of aliphatic carboxylic acids is 1. The van der Waals surface area contributed by atoms with Crippen LogP contribution < -0.4 is 5.32 Å². The molecule has 0 aromatic heterocycles. The summed E-state index contributed by atoms with van der Waals surface area (Å²) < 4.78 is 0. The van der Waals surface area contributed by atoms with Gasteiger partial charge in [0.1, 0.15) is 12.3 Å². The van der Waals surface area contributed by atoms with Crippen LogP contribution in [0, 0.1) is 0 Å². The van der Waals surface area contributed by atoms with E-state index in [1.54, 1.807) is 12.1 Å². The minimum Gasteiger partial charge on any atom is -0.508 e. The van der Waals surface area contributed by atoms with Crippen molar-refractivity contribution >= 4 is 40.9 Å². The van der Waals surface area contributed by atoms with Crippen LogP contribution in [0.1, 0.15) is 12.0 Å². The van der Waals surface area contributed by atoms with Gasteiger partial charge in [-0.1, -0.05) is 12.1 Å². The molecule has 0 saturated carbocycles. The lowest BCUT2D eigenvalue weighted by Gasteiger charge is -2.11. The second-order valence-corrected chi connectivity index (χ2v) is 5.85. The van der Waals surface area contributed by atoms with Gasteiger partial charge in [-0.2, -0.15) is 0 Å². The summed E-state index contributed by atoms with van der Waals surface area (Å²) in [6.07, 6.45) is 1.25. The van der Waals surface area contributed by atoms with Crippen molar-refractivity contribution in [2.24, 2.45) is 0 Å². The van der Waals surface area contributed by atoms with Gasteiger partial charge in [-0.15, -0.1) is 0 Å². The fourth-order valence-electron chi connectivity index (χ4n) is 1.87. The lowest BCUT2D eigenvalue weighted by atomic mass is 10.2. The Morgan fingerprint density at radius 2 is 1.88 bits per heavy atom. The van der Waals surface area contributed by atoms with Crippen LogP contribution in [0.25, 0.3) is 6.08 Å². The number of phenols is 1. The van der Waals surface area contributed by atoms with Crippen molar-refractivity contribution in [3.8, 4) is 5.75 Å². The Kier molecular flexibility index (Phi) is 5.59. The zero-order valence-corrected chi connectivity index (χ0v) is 13.2. The Morgan fingerprint density at radius 1 is 1.21 bits per heavy atom. The average Bonchev–Trinajstić information content (AvgIpc) is 2.77. The van der Waals surface area contributed by atoms with Gasteiger partial charge in [0.25, 0.3) is 11.1 Å². The molecule has 9 heteroatoms. The summed E-state index contributed by atoms with van der Waals surface area (Å²) in [5.41, 5.74) is 0.629. The average molecular weight is 350 g/mol. The molecule has 3 N–H and O–H groups in total. The van der Waals surface area contributed by atoms with Crippen LogP contribution >= 0.6 is 11.8 Å². The van der Waals surface area contributed by atoms with Gasteiger partial charge in [-0.05, 0) is 35.5 Å². The molecule has 1 aliphatic heterocycles. The summed E-state index contributed by atoms with van der Waals surface area (Å²) in [7, 11) is 0. The van der Waals surface area contributed by atoms with Crippen LogP contribution in [0.4, 0.5) is 4.79 Å². The van der Waals surface area contributed by atoms with E-state index in [0.29, 0.717) is 17.3 Å². The Labute approximate surface area is 141 Å². The molecule has 2 rings (SSSR count). The third kappa shape index (κ3) is 4.59. The van der Waals surface area contributed by atoms with E-state index in [2.05, 4.69) is 5.32 Å². The molecule has 0 radical (unpaired) electrons. The SMILES string of the molecule is O=C(O)CCNC(=O)CN1C(=O)S/C(=C\c2ccc(O)cc2)C1=O. The smallest absolute Gasteiger partial charge is 0.305 e. The number of hydrogen-bond acceptors (Lipinski definition) is 6. The van der Waals surface area contributed by atoms with Gasteiger partial charge in [0.05, 0.1) is 11.3 Å². The first-order valence-electron chi connectivity index (χ1n) is 6.89. The molecule has 0 unspecified atom stereocenters. The number of phenolic OH excluding ortho intramolecular Hbond substituents is 1. The molecule has 1 fully saturated rings. The lowest BCUT2D eigenvalue weighted by Crippen LogP contribution is -2.40. The first-order valence-corrected chi connectivity index (χ1v) is 7.71. The van der Waals surface area contributed by atoms with Gasteiger partial charge in [-0.25, -0.2) is 0 Å². The highest BCUT2D eigenvalue weighted by Crippen LogP contribution is 2.32. The van der Waals surface area contributed by atoms with Gasteiger partial charge in [-0.3, -0.25) is 24.1 Å². The number of nitrogens with one attached hydrogen (secondary N) is 1. The van der Waals surface area contributed by atoms with Crippen molar-refractivity contribution in [2.75, 3.05) is 13.1 Å². The molecule has 8 nitrogen and oxygen atoms in total. The number of amides is 3. The maximum atomic E-state index is 12.2. The monoisotopic (exact) mass is 350 g/mol. The predicted molar refractivity (Wildman–Crippen MR) is 86.0 cm³/mol. The zero-order chi connectivity index (χ0) is 17.7. The van der Waals surface area contributed by atoms with Gasteiger partial charge >= 0.3 is 5.97 Å². The molecule has 1 heterocycles. The summed E-state index contributed by atoms with van der Waals surface area (Å²) in [5.74, 6) is -2.17. The van der Waals surface area contributed by atoms with Crippen LogP contribution in [0.3, 0.4) is 0 Å². The number of aromatic hydroxyl groups is 1. The number of imide groups is 1. The lowest BCUT2D eigenvalue weighted by molar-refractivity contribution is -0.137. The standard InChI is InChI=1S/C15H14N2O6S/c18-10-3-1-9(2-4-10)7-11-14(22)17(15(23)24-11)8-12(19)16-6-5-13(20)21/h1-4,7,18H,5-6,8H2,(H,16,19)(H,20,21)/b11-7-. The number of thioether (sulfide) groups is 1. The van der Waals surface area contributed by atoms with E-state index in [4.69, 9.17) is 5.11 Å². The third-order valence-electron chi connectivity index (χ3n) is 3.03. The molecule has 24 heavy (non-hydrogen) atoms. The number of hydrogen-bond donors (Lipinski definition) is 3. The van der Waals surface area contributed by atoms with E-state index in [0.717, 1.165) is 4.90 Å². The summed E-state index contributed by atoms with van der Waals surface area (Å²) >= 11 is 0.713. The number of carbonyl (C=O) groups excluding carboxylic acids is 3. The Morgan fingerprint density at radius 3 is 2.50 bits per heavy atom. The van der Waals surface area contributed by atoms with Crippen LogP contribution in [0.15, 0.2) is 29.2 Å². The second-order valence-electron chi connectivity index (χ2n) is 4.85. The van der Waals surface area contributed by atoms with Crippen molar-refractivity contribution in [3.63, 3.8) is 0 Å². The van der Waals surface area contributed by atoms with E-state index in [1.165, 1.54) is 18.2 Å². The number of carboxylic acids is 1. The largest absolute Gasteiger partial charge is 0.508 e. The highest BCUT2D eigenvalue weighted by Gasteiger charge is 2.36. The number of carboxylic acid groups (broad SMARTS) is 1. The van der Waals surface area contributed by atoms with Crippen LogP contribution in [0.5, 0.6) is 5.75 Å². The predicted octanol–water partition coefficient (Wildman–Crippen LogP) is 1.02. The topological polar surface area (TPSA) is 124 Å². The van der Waals surface area contributed by atoms with Crippen molar-refractivity contribution in [2.45, 2.75) is 6.42 Å². The van der Waals surface area contributed by atoms with Crippen LogP contribution in [-0.2, 0) is 14.4 Å². The molecule has 1 aromatic rings. The van der Waals surface area contributed by atoms with E-state index in [9.17, 15) is 24.3 Å². The second kappa shape index (κ2) is 7.64. The first-order chi connectivity index (χ1) is 11.4. The minimum atomic E-state index is -1.06. The zero-order valence-electron chi connectivity index (χ0n) is 12.4. The number of rotatable bonds is 6. The molecular weight excluding hydrogens is 336 g/mol. The molecule has 0 bridgehead atoms. The Hall–Kier alpha value is -2.81. The molecule has 3 amide bonds. The van der Waals surface area contributed by atoms with Gasteiger partial charge < -0.3 is 15.5 Å². The molecule has 126 valence electrons. The van der Waals surface area contributed by atoms with Crippen molar-refractivity contribution in [3.05, 3.63) is 34.7 Å². The molecule has 0 atom stereocenters. The highest BCUT2D eigenvalue weighted by atomic mass is 32.2. The third-order valence-corrected chi connectivity index (χ3v) is 3.93. The summed E-state index contributed by atoms with van der Waals surface area (Å²) in [6, 6.07) is 6.07. The van der Waals surface area contributed by atoms with Crippen molar-refractivity contribution < 1.29 is 29.4 Å². The fraction of sp³-hybridized carbons (Fsp3) is 0.200. The normalized spacial score (nSPS) is 15.8. The number of benzene rings is 1. The van der Waals surface area contributed by atoms with E-state index in [1.807, 2.05) is 0 Å². The van der Waals surface area contributed by atoms with Gasteiger partial charge in [0.15, 0.2) is 0 Å². The maximum absolute atomic E-state index is 12.2. The maximum Gasteiger partial charge on any atom is 0.305 e. The van der Waals surface area contributed by atoms with Crippen LogP contribution in [0.2, 0.25) is 0 Å². The van der Waals surface area contributed by atoms with Crippen LogP contribution in [-0.4, -0.2) is 51.2 Å². The fourth-order valence-corrected chi connectivity index (χ4v) is 2.70. The van der Waals surface area contributed by atoms with E-state index in [-0.39, 0.29) is 23.6 Å². The molecule has 0 aliphatic carbocycles.